The van der Waals surface area contributed by atoms with Gasteiger partial charge in [-0.1, -0.05) is 156 Å². The molecule has 4 heteroatoms. The molecule has 0 aliphatic rings. The van der Waals surface area contributed by atoms with Crippen molar-refractivity contribution in [2.45, 2.75) is 182 Å². The Morgan fingerprint density at radius 1 is 0.268 bits per heavy atom. The highest BCUT2D eigenvalue weighted by Gasteiger charge is 2.32. The standard InChI is InChI=1S/C37H76O4/c1-5-9-13-17-21-25-29-38-33-37(34-39-30-26-22-18-14-10-6-2,35-40-31-27-23-19-15-11-7-3)36-41-32-28-24-20-16-12-8-4/h5-36H2,1-4H3. The van der Waals surface area contributed by atoms with E-state index >= 15 is 0 Å². The first-order valence-electron chi connectivity index (χ1n) is 18.6. The lowest BCUT2D eigenvalue weighted by atomic mass is 9.92. The van der Waals surface area contributed by atoms with Gasteiger partial charge in [-0.3, -0.25) is 0 Å². The first kappa shape index (κ1) is 40.8. The molecule has 248 valence electrons. The highest BCUT2D eigenvalue weighted by Crippen LogP contribution is 2.22. The predicted octanol–water partition coefficient (Wildman–Crippen LogP) is 11.5. The quantitative estimate of drug-likeness (QED) is 0.0686. The molecule has 4 nitrogen and oxygen atoms in total. The molecule has 0 saturated heterocycles. The third-order valence-corrected chi connectivity index (χ3v) is 8.20. The average Bonchev–Trinajstić information content (AvgIpc) is 2.98. The minimum Gasteiger partial charge on any atom is -0.381 e. The van der Waals surface area contributed by atoms with Crippen LogP contribution in [0.15, 0.2) is 0 Å². The Labute approximate surface area is 258 Å². The Balaban J connectivity index is 4.82. The largest absolute Gasteiger partial charge is 0.381 e. The van der Waals surface area contributed by atoms with Crippen LogP contribution in [0.25, 0.3) is 0 Å². The van der Waals surface area contributed by atoms with E-state index in [0.717, 1.165) is 52.1 Å². The summed E-state index contributed by atoms with van der Waals surface area (Å²) in [7, 11) is 0. The van der Waals surface area contributed by atoms with Crippen LogP contribution in [0.2, 0.25) is 0 Å². The first-order chi connectivity index (χ1) is 20.2. The number of rotatable bonds is 36. The van der Waals surface area contributed by atoms with Gasteiger partial charge in [-0.05, 0) is 25.7 Å². The highest BCUT2D eigenvalue weighted by atomic mass is 16.5. The number of hydrogen-bond acceptors (Lipinski definition) is 4. The second-order valence-corrected chi connectivity index (χ2v) is 12.8. The summed E-state index contributed by atoms with van der Waals surface area (Å²) < 4.78 is 25.3. The Morgan fingerprint density at radius 2 is 0.463 bits per heavy atom. The second kappa shape index (κ2) is 34.3. The maximum absolute atomic E-state index is 6.33. The molecule has 0 aromatic heterocycles. The third-order valence-electron chi connectivity index (χ3n) is 8.20. The van der Waals surface area contributed by atoms with E-state index in [-0.39, 0.29) is 5.41 Å². The van der Waals surface area contributed by atoms with Gasteiger partial charge in [-0.25, -0.2) is 0 Å². The van der Waals surface area contributed by atoms with Crippen molar-refractivity contribution in [2.75, 3.05) is 52.9 Å². The summed E-state index contributed by atoms with van der Waals surface area (Å²) in [6.45, 7) is 15.1. The average molecular weight is 585 g/mol. The fraction of sp³-hybridized carbons (Fsp3) is 1.00. The van der Waals surface area contributed by atoms with E-state index in [9.17, 15) is 0 Å². The molecular formula is C37H76O4. The van der Waals surface area contributed by atoms with Gasteiger partial charge in [0.1, 0.15) is 0 Å². The van der Waals surface area contributed by atoms with Gasteiger partial charge in [0.05, 0.1) is 31.8 Å². The van der Waals surface area contributed by atoms with Gasteiger partial charge >= 0.3 is 0 Å². The molecule has 0 N–H and O–H groups in total. The van der Waals surface area contributed by atoms with Crippen LogP contribution >= 0.6 is 0 Å². The van der Waals surface area contributed by atoms with Gasteiger partial charge < -0.3 is 18.9 Å². The zero-order valence-electron chi connectivity index (χ0n) is 28.8. The molecule has 0 aromatic carbocycles. The van der Waals surface area contributed by atoms with Crippen molar-refractivity contribution in [3.8, 4) is 0 Å². The molecule has 0 amide bonds. The Kier molecular flexibility index (Phi) is 34.2. The van der Waals surface area contributed by atoms with Crippen LogP contribution in [0.1, 0.15) is 182 Å². The van der Waals surface area contributed by atoms with Gasteiger partial charge in [0.2, 0.25) is 0 Å². The SMILES string of the molecule is CCCCCCCCOCC(COCCCCCCCC)(COCCCCCCCC)COCCCCCCCC. The molecule has 0 aliphatic heterocycles. The monoisotopic (exact) mass is 585 g/mol. The lowest BCUT2D eigenvalue weighted by molar-refractivity contribution is -0.108. The summed E-state index contributed by atoms with van der Waals surface area (Å²) in [4.78, 5) is 0. The summed E-state index contributed by atoms with van der Waals surface area (Å²) in [6, 6.07) is 0. The van der Waals surface area contributed by atoms with E-state index in [4.69, 9.17) is 18.9 Å². The highest BCUT2D eigenvalue weighted by molar-refractivity contribution is 4.79. The minimum atomic E-state index is -0.213. The van der Waals surface area contributed by atoms with E-state index in [1.54, 1.807) is 0 Å². The zero-order valence-corrected chi connectivity index (χ0v) is 28.8. The van der Waals surface area contributed by atoms with Crippen molar-refractivity contribution >= 4 is 0 Å². The Hall–Kier alpha value is -0.160. The van der Waals surface area contributed by atoms with Crippen molar-refractivity contribution < 1.29 is 18.9 Å². The van der Waals surface area contributed by atoms with Crippen molar-refractivity contribution in [3.63, 3.8) is 0 Å². The van der Waals surface area contributed by atoms with E-state index in [1.807, 2.05) is 0 Å². The van der Waals surface area contributed by atoms with Gasteiger partial charge in [0.15, 0.2) is 0 Å². The van der Waals surface area contributed by atoms with Crippen molar-refractivity contribution in [1.82, 2.24) is 0 Å². The summed E-state index contributed by atoms with van der Waals surface area (Å²) >= 11 is 0. The number of unbranched alkanes of at least 4 members (excludes halogenated alkanes) is 20. The fourth-order valence-electron chi connectivity index (χ4n) is 5.34. The molecule has 0 fully saturated rings. The van der Waals surface area contributed by atoms with Gasteiger partial charge in [-0.2, -0.15) is 0 Å². The van der Waals surface area contributed by atoms with Crippen LogP contribution < -0.4 is 0 Å². The second-order valence-electron chi connectivity index (χ2n) is 12.8. The molecule has 0 saturated carbocycles. The molecule has 0 aromatic rings. The molecular weight excluding hydrogens is 508 g/mol. The molecule has 0 spiro atoms. The van der Waals surface area contributed by atoms with Crippen LogP contribution in [0.5, 0.6) is 0 Å². The van der Waals surface area contributed by atoms with Gasteiger partial charge in [0.25, 0.3) is 0 Å². The molecule has 0 aliphatic carbocycles. The normalized spacial score (nSPS) is 12.0. The summed E-state index contributed by atoms with van der Waals surface area (Å²) in [5.41, 5.74) is -0.213. The van der Waals surface area contributed by atoms with E-state index in [2.05, 4.69) is 27.7 Å². The molecule has 0 bridgehead atoms. The van der Waals surface area contributed by atoms with Crippen LogP contribution in [0.4, 0.5) is 0 Å². The lowest BCUT2D eigenvalue weighted by Crippen LogP contribution is -2.42. The predicted molar refractivity (Wildman–Crippen MR) is 179 cm³/mol. The summed E-state index contributed by atoms with van der Waals surface area (Å²) in [5, 5.41) is 0. The van der Waals surface area contributed by atoms with Crippen molar-refractivity contribution in [3.05, 3.63) is 0 Å². The number of ether oxygens (including phenoxy) is 4. The molecule has 0 rings (SSSR count). The summed E-state index contributed by atoms with van der Waals surface area (Å²) in [6.07, 6.45) is 31.0. The Morgan fingerprint density at radius 3 is 0.683 bits per heavy atom. The van der Waals surface area contributed by atoms with E-state index in [0.29, 0.717) is 26.4 Å². The Bertz CT molecular complexity index is 384. The van der Waals surface area contributed by atoms with E-state index in [1.165, 1.54) is 128 Å². The fourth-order valence-corrected chi connectivity index (χ4v) is 5.34. The minimum absolute atomic E-state index is 0.213. The first-order valence-corrected chi connectivity index (χ1v) is 18.6. The van der Waals surface area contributed by atoms with Crippen LogP contribution in [0, 0.1) is 5.41 Å². The van der Waals surface area contributed by atoms with Gasteiger partial charge in [-0.15, -0.1) is 0 Å². The lowest BCUT2D eigenvalue weighted by Gasteiger charge is -2.33. The number of hydrogen-bond donors (Lipinski definition) is 0. The smallest absolute Gasteiger partial charge is 0.0637 e. The maximum Gasteiger partial charge on any atom is 0.0637 e. The van der Waals surface area contributed by atoms with Gasteiger partial charge in [0, 0.05) is 26.4 Å². The third kappa shape index (κ3) is 29.7. The molecule has 0 atom stereocenters. The zero-order chi connectivity index (χ0) is 30.0. The van der Waals surface area contributed by atoms with E-state index < -0.39 is 0 Å². The maximum atomic E-state index is 6.33. The van der Waals surface area contributed by atoms with Crippen LogP contribution in [0.3, 0.4) is 0 Å². The summed E-state index contributed by atoms with van der Waals surface area (Å²) in [5.74, 6) is 0. The molecule has 0 radical (unpaired) electrons. The van der Waals surface area contributed by atoms with Crippen LogP contribution in [-0.4, -0.2) is 52.9 Å². The molecule has 0 unspecified atom stereocenters. The van der Waals surface area contributed by atoms with Crippen molar-refractivity contribution in [1.29, 1.82) is 0 Å². The van der Waals surface area contributed by atoms with Crippen molar-refractivity contribution in [2.24, 2.45) is 5.41 Å². The topological polar surface area (TPSA) is 36.9 Å². The molecule has 0 heterocycles. The van der Waals surface area contributed by atoms with Crippen LogP contribution in [-0.2, 0) is 18.9 Å². The molecule has 41 heavy (non-hydrogen) atoms.